The lowest BCUT2D eigenvalue weighted by Gasteiger charge is -2.28. The van der Waals surface area contributed by atoms with E-state index in [2.05, 4.69) is 26.1 Å². The van der Waals surface area contributed by atoms with E-state index in [-0.39, 0.29) is 6.04 Å². The van der Waals surface area contributed by atoms with Gasteiger partial charge in [0.25, 0.3) is 0 Å². The predicted molar refractivity (Wildman–Crippen MR) is 59.1 cm³/mol. The van der Waals surface area contributed by atoms with Crippen molar-refractivity contribution in [1.82, 2.24) is 5.32 Å². The first-order chi connectivity index (χ1) is 6.41. The molecule has 0 saturated carbocycles. The first-order valence-electron chi connectivity index (χ1n) is 5.37. The Morgan fingerprint density at radius 3 is 2.43 bits per heavy atom. The van der Waals surface area contributed by atoms with Crippen LogP contribution in [-0.2, 0) is 9.84 Å². The lowest BCUT2D eigenvalue weighted by Crippen LogP contribution is -2.45. The maximum Gasteiger partial charge on any atom is 0.151 e. The van der Waals surface area contributed by atoms with E-state index in [1.54, 1.807) is 0 Å². The molecule has 0 amide bonds. The van der Waals surface area contributed by atoms with Crippen LogP contribution in [0.5, 0.6) is 0 Å². The Balaban J connectivity index is 2.46. The Morgan fingerprint density at radius 2 is 1.93 bits per heavy atom. The molecule has 0 radical (unpaired) electrons. The minimum absolute atomic E-state index is 0.172. The van der Waals surface area contributed by atoms with Crippen LogP contribution in [0.3, 0.4) is 0 Å². The largest absolute Gasteiger partial charge is 0.310 e. The first-order valence-corrected chi connectivity index (χ1v) is 7.19. The molecule has 0 spiro atoms. The Kier molecular flexibility index (Phi) is 3.95. The predicted octanol–water partition coefficient (Wildman–Crippen LogP) is 1.20. The Bertz CT molecular complexity index is 272. The van der Waals surface area contributed by atoms with Crippen molar-refractivity contribution < 1.29 is 8.42 Å². The maximum absolute atomic E-state index is 11.4. The van der Waals surface area contributed by atoms with Gasteiger partial charge in [0.2, 0.25) is 0 Å². The van der Waals surface area contributed by atoms with E-state index < -0.39 is 9.84 Å². The highest BCUT2D eigenvalue weighted by molar-refractivity contribution is 7.91. The molecule has 0 aromatic rings. The van der Waals surface area contributed by atoms with Crippen LogP contribution in [-0.4, -0.2) is 32.0 Å². The van der Waals surface area contributed by atoms with Gasteiger partial charge in [-0.2, -0.15) is 0 Å². The fourth-order valence-electron chi connectivity index (χ4n) is 1.72. The van der Waals surface area contributed by atoms with Crippen LogP contribution < -0.4 is 5.32 Å². The van der Waals surface area contributed by atoms with Gasteiger partial charge in [-0.1, -0.05) is 13.8 Å². The van der Waals surface area contributed by atoms with Gasteiger partial charge in [0, 0.05) is 12.1 Å². The van der Waals surface area contributed by atoms with Crippen LogP contribution in [0.4, 0.5) is 0 Å². The van der Waals surface area contributed by atoms with Gasteiger partial charge in [-0.3, -0.25) is 0 Å². The summed E-state index contributed by atoms with van der Waals surface area (Å²) < 4.78 is 22.7. The Labute approximate surface area is 87.2 Å². The lowest BCUT2D eigenvalue weighted by atomic mass is 10.0. The van der Waals surface area contributed by atoms with Crippen LogP contribution >= 0.6 is 0 Å². The molecule has 1 aliphatic heterocycles. The molecule has 0 bridgehead atoms. The Morgan fingerprint density at radius 1 is 1.29 bits per heavy atom. The number of sulfone groups is 1. The minimum atomic E-state index is -2.77. The molecule has 1 fully saturated rings. The van der Waals surface area contributed by atoms with Gasteiger partial charge in [-0.05, 0) is 25.7 Å². The summed E-state index contributed by atoms with van der Waals surface area (Å²) >= 11 is 0. The van der Waals surface area contributed by atoms with Crippen LogP contribution in [0, 0.1) is 5.92 Å². The van der Waals surface area contributed by atoms with Crippen LogP contribution in [0.1, 0.15) is 33.6 Å². The summed E-state index contributed by atoms with van der Waals surface area (Å²) in [6.45, 7) is 6.41. The third-order valence-corrected chi connectivity index (χ3v) is 4.78. The topological polar surface area (TPSA) is 46.2 Å². The second-order valence-corrected chi connectivity index (χ2v) is 6.88. The van der Waals surface area contributed by atoms with Crippen molar-refractivity contribution in [1.29, 1.82) is 0 Å². The molecule has 0 aromatic carbocycles. The minimum Gasteiger partial charge on any atom is -0.310 e. The van der Waals surface area contributed by atoms with Gasteiger partial charge in [0.15, 0.2) is 9.84 Å². The van der Waals surface area contributed by atoms with Crippen LogP contribution in [0.15, 0.2) is 0 Å². The monoisotopic (exact) mass is 219 g/mol. The SMILES string of the molecule is CC(C)C(C)NC1CCCS(=O)(=O)C1. The normalized spacial score (nSPS) is 29.0. The molecule has 84 valence electrons. The Hall–Kier alpha value is -0.0900. The summed E-state index contributed by atoms with van der Waals surface area (Å²) in [5.41, 5.74) is 0. The summed E-state index contributed by atoms with van der Waals surface area (Å²) in [6, 6.07) is 0.569. The fraction of sp³-hybridized carbons (Fsp3) is 1.00. The zero-order valence-electron chi connectivity index (χ0n) is 9.29. The van der Waals surface area contributed by atoms with E-state index in [0.29, 0.717) is 23.5 Å². The molecule has 1 aliphatic rings. The third kappa shape index (κ3) is 3.58. The average molecular weight is 219 g/mol. The van der Waals surface area contributed by atoms with E-state index in [1.165, 1.54) is 0 Å². The lowest BCUT2D eigenvalue weighted by molar-refractivity contribution is 0.366. The van der Waals surface area contributed by atoms with Crippen LogP contribution in [0.25, 0.3) is 0 Å². The molecule has 1 rings (SSSR count). The van der Waals surface area contributed by atoms with Crippen molar-refractivity contribution in [3.63, 3.8) is 0 Å². The molecule has 2 atom stereocenters. The van der Waals surface area contributed by atoms with E-state index >= 15 is 0 Å². The highest BCUT2D eigenvalue weighted by Crippen LogP contribution is 2.13. The van der Waals surface area contributed by atoms with Crippen molar-refractivity contribution in [2.75, 3.05) is 11.5 Å². The molecule has 1 N–H and O–H groups in total. The second-order valence-electron chi connectivity index (χ2n) is 4.65. The van der Waals surface area contributed by atoms with Gasteiger partial charge in [-0.25, -0.2) is 8.42 Å². The summed E-state index contributed by atoms with van der Waals surface area (Å²) in [5.74, 6) is 1.25. The van der Waals surface area contributed by atoms with E-state index in [1.807, 2.05) is 0 Å². The highest BCUT2D eigenvalue weighted by Gasteiger charge is 2.25. The number of nitrogens with one attached hydrogen (secondary N) is 1. The molecule has 1 saturated heterocycles. The molecule has 0 aromatic heterocycles. The summed E-state index contributed by atoms with van der Waals surface area (Å²) in [6.07, 6.45) is 1.81. The molecule has 0 aliphatic carbocycles. The molecule has 3 nitrogen and oxygen atoms in total. The third-order valence-electron chi connectivity index (χ3n) is 2.96. The average Bonchev–Trinajstić information content (AvgIpc) is 2.01. The van der Waals surface area contributed by atoms with Crippen molar-refractivity contribution >= 4 is 9.84 Å². The molecule has 14 heavy (non-hydrogen) atoms. The van der Waals surface area contributed by atoms with Gasteiger partial charge < -0.3 is 5.32 Å². The van der Waals surface area contributed by atoms with E-state index in [0.717, 1.165) is 12.8 Å². The fourth-order valence-corrected chi connectivity index (χ4v) is 3.37. The summed E-state index contributed by atoms with van der Waals surface area (Å²) in [5, 5.41) is 3.39. The van der Waals surface area contributed by atoms with Crippen molar-refractivity contribution in [3.8, 4) is 0 Å². The number of hydrogen-bond acceptors (Lipinski definition) is 3. The standard InChI is InChI=1S/C10H21NO2S/c1-8(2)9(3)11-10-5-4-6-14(12,13)7-10/h8-11H,4-7H2,1-3H3. The van der Waals surface area contributed by atoms with E-state index in [9.17, 15) is 8.42 Å². The van der Waals surface area contributed by atoms with Gasteiger partial charge in [-0.15, -0.1) is 0 Å². The quantitative estimate of drug-likeness (QED) is 0.776. The molecule has 1 heterocycles. The van der Waals surface area contributed by atoms with Crippen molar-refractivity contribution in [2.24, 2.45) is 5.92 Å². The molecular weight excluding hydrogens is 198 g/mol. The number of hydrogen-bond donors (Lipinski definition) is 1. The second kappa shape index (κ2) is 4.62. The van der Waals surface area contributed by atoms with E-state index in [4.69, 9.17) is 0 Å². The molecule has 2 unspecified atom stereocenters. The number of rotatable bonds is 3. The first kappa shape index (κ1) is 12.0. The molecular formula is C10H21NO2S. The zero-order valence-corrected chi connectivity index (χ0v) is 10.1. The summed E-state index contributed by atoms with van der Waals surface area (Å²) in [4.78, 5) is 0. The smallest absolute Gasteiger partial charge is 0.151 e. The zero-order chi connectivity index (χ0) is 10.8. The summed E-state index contributed by atoms with van der Waals surface area (Å²) in [7, 11) is -2.77. The van der Waals surface area contributed by atoms with Gasteiger partial charge in [0.05, 0.1) is 11.5 Å². The van der Waals surface area contributed by atoms with Gasteiger partial charge in [0.1, 0.15) is 0 Å². The molecule has 4 heteroatoms. The van der Waals surface area contributed by atoms with Crippen LogP contribution in [0.2, 0.25) is 0 Å². The van der Waals surface area contributed by atoms with Gasteiger partial charge >= 0.3 is 0 Å². The maximum atomic E-state index is 11.4. The highest BCUT2D eigenvalue weighted by atomic mass is 32.2. The van der Waals surface area contributed by atoms with Crippen molar-refractivity contribution in [2.45, 2.75) is 45.7 Å². The van der Waals surface area contributed by atoms with Crippen molar-refractivity contribution in [3.05, 3.63) is 0 Å².